The van der Waals surface area contributed by atoms with E-state index in [1.165, 1.54) is 23.5 Å². The summed E-state index contributed by atoms with van der Waals surface area (Å²) in [4.78, 5) is 16.5. The Labute approximate surface area is 140 Å². The molecule has 0 spiro atoms. The quantitative estimate of drug-likeness (QED) is 0.610. The highest BCUT2D eigenvalue weighted by atomic mass is 32.1. The van der Waals surface area contributed by atoms with E-state index in [4.69, 9.17) is 4.52 Å². The minimum atomic E-state index is -0.325. The largest absolute Gasteiger partial charge is 0.356 e. The van der Waals surface area contributed by atoms with E-state index in [9.17, 15) is 9.18 Å². The third-order valence-electron chi connectivity index (χ3n) is 3.62. The number of anilines is 1. The van der Waals surface area contributed by atoms with Crippen LogP contribution in [0, 0.1) is 12.7 Å². The van der Waals surface area contributed by atoms with Gasteiger partial charge in [-0.2, -0.15) is 0 Å². The van der Waals surface area contributed by atoms with Gasteiger partial charge in [0.05, 0.1) is 16.6 Å². The van der Waals surface area contributed by atoms with Gasteiger partial charge in [-0.15, -0.1) is 0 Å². The molecule has 0 bridgehead atoms. The second kappa shape index (κ2) is 5.68. The Hall–Kier alpha value is -2.80. The van der Waals surface area contributed by atoms with Crippen LogP contribution in [0.2, 0.25) is 0 Å². The van der Waals surface area contributed by atoms with E-state index in [1.807, 2.05) is 25.1 Å². The fourth-order valence-corrected chi connectivity index (χ4v) is 3.40. The van der Waals surface area contributed by atoms with Gasteiger partial charge in [0.1, 0.15) is 11.5 Å². The lowest BCUT2D eigenvalue weighted by molar-refractivity contribution is -0.115. The lowest BCUT2D eigenvalue weighted by atomic mass is 10.1. The summed E-state index contributed by atoms with van der Waals surface area (Å²) in [6.45, 7) is 1.97. The molecular weight excluding hydrogens is 329 g/mol. The van der Waals surface area contributed by atoms with Gasteiger partial charge in [0.15, 0.2) is 10.7 Å². The zero-order valence-corrected chi connectivity index (χ0v) is 13.5. The van der Waals surface area contributed by atoms with Crippen LogP contribution >= 0.6 is 11.3 Å². The lowest BCUT2D eigenvalue weighted by Crippen LogP contribution is -2.14. The molecule has 0 saturated heterocycles. The van der Waals surface area contributed by atoms with Crippen molar-refractivity contribution in [1.82, 2.24) is 10.1 Å². The van der Waals surface area contributed by atoms with Gasteiger partial charge >= 0.3 is 0 Å². The third kappa shape index (κ3) is 2.74. The van der Waals surface area contributed by atoms with E-state index in [2.05, 4.69) is 15.5 Å². The number of thiazole rings is 1. The Bertz CT molecular complexity index is 1070. The minimum Gasteiger partial charge on any atom is -0.356 e. The fraction of sp³-hybridized carbons (Fsp3) is 0.118. The summed E-state index contributed by atoms with van der Waals surface area (Å²) in [5, 5.41) is 7.97. The summed E-state index contributed by atoms with van der Waals surface area (Å²) in [7, 11) is 0. The summed E-state index contributed by atoms with van der Waals surface area (Å²) in [6.07, 6.45) is 0.0841. The monoisotopic (exact) mass is 341 g/mol. The van der Waals surface area contributed by atoms with Crippen LogP contribution in [0.4, 0.5) is 9.52 Å². The average Bonchev–Trinajstić information content (AvgIpc) is 3.10. The van der Waals surface area contributed by atoms with Crippen molar-refractivity contribution in [3.05, 3.63) is 53.5 Å². The van der Waals surface area contributed by atoms with Crippen molar-refractivity contribution < 1.29 is 13.7 Å². The van der Waals surface area contributed by atoms with Crippen molar-refractivity contribution in [3.63, 3.8) is 0 Å². The number of hydrogen-bond acceptors (Lipinski definition) is 5. The molecule has 7 heteroatoms. The van der Waals surface area contributed by atoms with Crippen molar-refractivity contribution in [2.75, 3.05) is 5.32 Å². The standard InChI is InChI=1S/C17H12FN3O2S/c1-9-2-5-14-11(6-9)13(21-23-14)8-16(22)20-17-19-12-4-3-10(18)7-15(12)24-17/h2-7H,8H2,1H3,(H,19,20,22). The second-order valence-corrected chi connectivity index (χ2v) is 6.52. The molecule has 120 valence electrons. The highest BCUT2D eigenvalue weighted by molar-refractivity contribution is 7.22. The third-order valence-corrected chi connectivity index (χ3v) is 4.56. The molecule has 4 rings (SSSR count). The Morgan fingerprint density at radius 2 is 2.17 bits per heavy atom. The Balaban J connectivity index is 1.55. The van der Waals surface area contributed by atoms with Crippen LogP contribution in [0.3, 0.4) is 0 Å². The van der Waals surface area contributed by atoms with Gasteiger partial charge in [-0.25, -0.2) is 9.37 Å². The molecule has 5 nitrogen and oxygen atoms in total. The van der Waals surface area contributed by atoms with Crippen molar-refractivity contribution in [2.45, 2.75) is 13.3 Å². The van der Waals surface area contributed by atoms with Gasteiger partial charge < -0.3 is 9.84 Å². The van der Waals surface area contributed by atoms with Crippen molar-refractivity contribution in [2.24, 2.45) is 0 Å². The molecule has 0 fully saturated rings. The number of amides is 1. The molecule has 0 atom stereocenters. The second-order valence-electron chi connectivity index (χ2n) is 5.48. The van der Waals surface area contributed by atoms with Gasteiger partial charge in [-0.1, -0.05) is 28.1 Å². The van der Waals surface area contributed by atoms with Gasteiger partial charge in [-0.05, 0) is 37.3 Å². The number of hydrogen-bond donors (Lipinski definition) is 1. The predicted molar refractivity (Wildman–Crippen MR) is 90.7 cm³/mol. The van der Waals surface area contributed by atoms with Crippen molar-refractivity contribution >= 4 is 43.6 Å². The molecule has 24 heavy (non-hydrogen) atoms. The van der Waals surface area contributed by atoms with Crippen LogP contribution in [0.25, 0.3) is 21.2 Å². The van der Waals surface area contributed by atoms with Crippen LogP contribution in [-0.4, -0.2) is 16.0 Å². The summed E-state index contributed by atoms with van der Waals surface area (Å²) >= 11 is 1.23. The molecule has 0 saturated carbocycles. The van der Waals surface area contributed by atoms with Crippen LogP contribution in [-0.2, 0) is 11.2 Å². The van der Waals surface area contributed by atoms with Crippen LogP contribution in [0.5, 0.6) is 0 Å². The number of nitrogens with one attached hydrogen (secondary N) is 1. The number of rotatable bonds is 3. The Morgan fingerprint density at radius 3 is 3.04 bits per heavy atom. The topological polar surface area (TPSA) is 68.0 Å². The maximum Gasteiger partial charge on any atom is 0.232 e. The first kappa shape index (κ1) is 14.8. The number of carbonyl (C=O) groups excluding carboxylic acids is 1. The van der Waals surface area contributed by atoms with E-state index in [-0.39, 0.29) is 18.1 Å². The zero-order valence-electron chi connectivity index (χ0n) is 12.7. The highest BCUT2D eigenvalue weighted by Gasteiger charge is 2.14. The molecule has 1 amide bonds. The summed E-state index contributed by atoms with van der Waals surface area (Å²) in [5.41, 5.74) is 2.96. The van der Waals surface area contributed by atoms with Crippen molar-refractivity contribution in [1.29, 1.82) is 0 Å². The van der Waals surface area contributed by atoms with Gasteiger partial charge in [-0.3, -0.25) is 4.79 Å². The van der Waals surface area contributed by atoms with Crippen LogP contribution in [0.15, 0.2) is 40.9 Å². The molecule has 2 aromatic heterocycles. The van der Waals surface area contributed by atoms with E-state index in [0.717, 1.165) is 10.9 Å². The molecule has 2 aromatic carbocycles. The maximum atomic E-state index is 13.2. The highest BCUT2D eigenvalue weighted by Crippen LogP contribution is 2.27. The number of halogens is 1. The first-order valence-electron chi connectivity index (χ1n) is 7.29. The van der Waals surface area contributed by atoms with Gasteiger partial charge in [0.25, 0.3) is 0 Å². The molecule has 0 aliphatic carbocycles. The van der Waals surface area contributed by atoms with E-state index in [1.54, 1.807) is 6.07 Å². The Kier molecular flexibility index (Phi) is 3.50. The first-order chi connectivity index (χ1) is 11.6. The lowest BCUT2D eigenvalue weighted by Gasteiger charge is -1.99. The maximum absolute atomic E-state index is 13.2. The summed E-state index contributed by atoms with van der Waals surface area (Å²) in [6, 6.07) is 10.0. The molecule has 0 aliphatic rings. The molecule has 0 unspecified atom stereocenters. The number of benzene rings is 2. The van der Waals surface area contributed by atoms with Crippen molar-refractivity contribution in [3.8, 4) is 0 Å². The normalized spacial score (nSPS) is 11.2. The number of aryl methyl sites for hydroxylation is 1. The molecule has 0 aliphatic heterocycles. The number of nitrogens with zero attached hydrogens (tertiary/aromatic N) is 2. The SMILES string of the molecule is Cc1ccc2onc(CC(=O)Nc3nc4ccc(F)cc4s3)c2c1. The zero-order chi connectivity index (χ0) is 16.7. The molecule has 0 radical (unpaired) electrons. The van der Waals surface area contributed by atoms with E-state index >= 15 is 0 Å². The molecular formula is C17H12FN3O2S. The average molecular weight is 341 g/mol. The van der Waals surface area contributed by atoms with Crippen LogP contribution in [0.1, 0.15) is 11.3 Å². The molecule has 1 N–H and O–H groups in total. The molecule has 2 heterocycles. The van der Waals surface area contributed by atoms with E-state index < -0.39 is 0 Å². The van der Waals surface area contributed by atoms with Crippen LogP contribution < -0.4 is 5.32 Å². The number of carbonyl (C=O) groups is 1. The van der Waals surface area contributed by atoms with Gasteiger partial charge in [0.2, 0.25) is 5.91 Å². The first-order valence-corrected chi connectivity index (χ1v) is 8.11. The minimum absolute atomic E-state index is 0.0841. The number of aromatic nitrogens is 2. The number of fused-ring (bicyclic) bond motifs is 2. The predicted octanol–water partition coefficient (Wildman–Crippen LogP) is 4.07. The summed E-state index contributed by atoms with van der Waals surface area (Å²) in [5.74, 6) is -0.570. The van der Waals surface area contributed by atoms with Gasteiger partial charge in [0, 0.05) is 5.39 Å². The molecule has 4 aromatic rings. The smallest absolute Gasteiger partial charge is 0.232 e. The Morgan fingerprint density at radius 1 is 1.29 bits per heavy atom. The fourth-order valence-electron chi connectivity index (χ4n) is 2.50. The summed E-state index contributed by atoms with van der Waals surface area (Å²) < 4.78 is 19.1. The van der Waals surface area contributed by atoms with E-state index in [0.29, 0.717) is 26.6 Å².